The number of carbonyl (C=O) groups is 1. The predicted octanol–water partition coefficient (Wildman–Crippen LogP) is 0.563. The predicted molar refractivity (Wildman–Crippen MR) is 70.7 cm³/mol. The average Bonchev–Trinajstić information content (AvgIpc) is 3.08. The van der Waals surface area contributed by atoms with Crippen molar-refractivity contribution in [3.8, 4) is 0 Å². The van der Waals surface area contributed by atoms with E-state index < -0.39 is 5.97 Å². The summed E-state index contributed by atoms with van der Waals surface area (Å²) in [7, 11) is 0. The van der Waals surface area contributed by atoms with Crippen LogP contribution < -0.4 is 0 Å². The van der Waals surface area contributed by atoms with Gasteiger partial charge in [-0.25, -0.2) is 14.2 Å². The molecule has 0 unspecified atom stereocenters. The number of ether oxygens (including phenoxy) is 1. The molecule has 0 spiro atoms. The molecule has 2 heterocycles. The lowest BCUT2D eigenvalue weighted by Crippen LogP contribution is -2.13. The minimum Gasteiger partial charge on any atom is -0.461 e. The molecule has 1 saturated carbocycles. The molecular formula is C11H14ClN7O2. The quantitative estimate of drug-likeness (QED) is 0.567. The second-order valence-corrected chi connectivity index (χ2v) is 4.93. The molecule has 0 aliphatic heterocycles. The number of hydrogen-bond donors (Lipinski definition) is 0. The summed E-state index contributed by atoms with van der Waals surface area (Å²) in [6.45, 7) is 2.32. The monoisotopic (exact) mass is 311 g/mol. The first-order chi connectivity index (χ1) is 10.2. The van der Waals surface area contributed by atoms with Gasteiger partial charge in [0.1, 0.15) is 6.54 Å². The third-order valence-electron chi connectivity index (χ3n) is 3.18. The summed E-state index contributed by atoms with van der Waals surface area (Å²) in [5.41, 5.74) is 0.637. The van der Waals surface area contributed by atoms with Gasteiger partial charge in [-0.15, -0.1) is 21.8 Å². The van der Waals surface area contributed by atoms with Crippen LogP contribution in [0.2, 0.25) is 0 Å². The molecule has 9 nitrogen and oxygen atoms in total. The van der Waals surface area contributed by atoms with Crippen LogP contribution >= 0.6 is 11.6 Å². The van der Waals surface area contributed by atoms with E-state index in [9.17, 15) is 4.79 Å². The Morgan fingerprint density at radius 3 is 2.86 bits per heavy atom. The SMILES string of the molecule is CCOC(=O)c1nnn(Cc2nnnn2C2CC2)c1CCl. The van der Waals surface area contributed by atoms with E-state index in [-0.39, 0.29) is 18.2 Å². The van der Waals surface area contributed by atoms with Crippen molar-refractivity contribution >= 4 is 17.6 Å². The van der Waals surface area contributed by atoms with Gasteiger partial charge in [0.25, 0.3) is 0 Å². The summed E-state index contributed by atoms with van der Waals surface area (Å²) in [4.78, 5) is 11.8. The van der Waals surface area contributed by atoms with Gasteiger partial charge >= 0.3 is 5.97 Å². The van der Waals surface area contributed by atoms with E-state index >= 15 is 0 Å². The van der Waals surface area contributed by atoms with Crippen molar-refractivity contribution in [1.29, 1.82) is 0 Å². The van der Waals surface area contributed by atoms with E-state index in [1.165, 1.54) is 4.68 Å². The molecule has 0 aromatic carbocycles. The minimum absolute atomic E-state index is 0.103. The summed E-state index contributed by atoms with van der Waals surface area (Å²) in [6, 6.07) is 0.363. The van der Waals surface area contributed by atoms with E-state index in [1.54, 1.807) is 11.6 Å². The molecule has 2 aromatic heterocycles. The summed E-state index contributed by atoms with van der Waals surface area (Å²) in [5, 5.41) is 19.5. The molecule has 3 rings (SSSR count). The second kappa shape index (κ2) is 5.76. The zero-order valence-corrected chi connectivity index (χ0v) is 12.2. The molecule has 0 bridgehead atoms. The van der Waals surface area contributed by atoms with Crippen LogP contribution in [0.3, 0.4) is 0 Å². The largest absolute Gasteiger partial charge is 0.461 e. The van der Waals surface area contributed by atoms with E-state index in [2.05, 4.69) is 25.8 Å². The van der Waals surface area contributed by atoms with Gasteiger partial charge in [0.15, 0.2) is 11.5 Å². The maximum Gasteiger partial charge on any atom is 0.360 e. The highest BCUT2D eigenvalue weighted by molar-refractivity contribution is 6.17. The summed E-state index contributed by atoms with van der Waals surface area (Å²) in [6.07, 6.45) is 2.15. The second-order valence-electron chi connectivity index (χ2n) is 4.67. The Kier molecular flexibility index (Phi) is 3.82. The molecule has 21 heavy (non-hydrogen) atoms. The van der Waals surface area contributed by atoms with Crippen molar-refractivity contribution in [2.24, 2.45) is 0 Å². The maximum absolute atomic E-state index is 11.8. The zero-order valence-electron chi connectivity index (χ0n) is 11.4. The lowest BCUT2D eigenvalue weighted by molar-refractivity contribution is 0.0518. The number of esters is 1. The molecule has 1 aliphatic carbocycles. The molecule has 1 fully saturated rings. The standard InChI is InChI=1S/C11H14ClN7O2/c1-2-21-11(20)10-8(5-12)18(16-14-10)6-9-13-15-17-19(9)7-3-4-7/h7H,2-6H2,1H3. The van der Waals surface area contributed by atoms with Crippen molar-refractivity contribution in [3.05, 3.63) is 17.2 Å². The van der Waals surface area contributed by atoms with Crippen molar-refractivity contribution in [1.82, 2.24) is 35.2 Å². The van der Waals surface area contributed by atoms with Crippen LogP contribution in [0.25, 0.3) is 0 Å². The molecular weight excluding hydrogens is 298 g/mol. The van der Waals surface area contributed by atoms with Gasteiger partial charge in [-0.1, -0.05) is 5.21 Å². The fraction of sp³-hybridized carbons (Fsp3) is 0.636. The third-order valence-corrected chi connectivity index (χ3v) is 3.43. The van der Waals surface area contributed by atoms with Crippen molar-refractivity contribution < 1.29 is 9.53 Å². The normalized spacial score (nSPS) is 14.4. The van der Waals surface area contributed by atoms with E-state index in [0.717, 1.165) is 12.8 Å². The number of carbonyl (C=O) groups excluding carboxylic acids is 1. The molecule has 0 N–H and O–H groups in total. The van der Waals surface area contributed by atoms with Gasteiger partial charge in [0.05, 0.1) is 24.2 Å². The number of hydrogen-bond acceptors (Lipinski definition) is 7. The van der Waals surface area contributed by atoms with Crippen LogP contribution in [0, 0.1) is 0 Å². The number of aromatic nitrogens is 7. The van der Waals surface area contributed by atoms with E-state index in [1.807, 2.05) is 0 Å². The van der Waals surface area contributed by atoms with Crippen LogP contribution in [-0.2, 0) is 17.2 Å². The Balaban J connectivity index is 1.85. The number of tetrazole rings is 1. The molecule has 0 saturated heterocycles. The molecule has 1 aliphatic rings. The highest BCUT2D eigenvalue weighted by atomic mass is 35.5. The van der Waals surface area contributed by atoms with Gasteiger partial charge in [0, 0.05) is 0 Å². The highest BCUT2D eigenvalue weighted by Gasteiger charge is 2.28. The number of nitrogens with zero attached hydrogens (tertiary/aromatic N) is 7. The van der Waals surface area contributed by atoms with Crippen molar-refractivity contribution in [2.75, 3.05) is 6.61 Å². The van der Waals surface area contributed by atoms with Crippen molar-refractivity contribution in [3.63, 3.8) is 0 Å². The van der Waals surface area contributed by atoms with Crippen LogP contribution in [0.1, 0.15) is 47.8 Å². The number of rotatable bonds is 6. The van der Waals surface area contributed by atoms with Gasteiger partial charge < -0.3 is 4.74 Å². The van der Waals surface area contributed by atoms with Gasteiger partial charge in [-0.3, -0.25) is 0 Å². The topological polar surface area (TPSA) is 101 Å². The molecule has 0 atom stereocenters. The molecule has 10 heteroatoms. The third kappa shape index (κ3) is 2.73. The fourth-order valence-electron chi connectivity index (χ4n) is 2.00. The fourth-order valence-corrected chi connectivity index (χ4v) is 2.27. The Hall–Kier alpha value is -2.03. The minimum atomic E-state index is -0.527. The molecule has 0 radical (unpaired) electrons. The summed E-state index contributed by atoms with van der Waals surface area (Å²) in [5.74, 6) is 0.247. The lowest BCUT2D eigenvalue weighted by atomic mass is 10.3. The van der Waals surface area contributed by atoms with Crippen LogP contribution in [0.15, 0.2) is 0 Å². The first kappa shape index (κ1) is 13.9. The Morgan fingerprint density at radius 1 is 1.38 bits per heavy atom. The van der Waals surface area contributed by atoms with E-state index in [0.29, 0.717) is 24.1 Å². The smallest absolute Gasteiger partial charge is 0.360 e. The maximum atomic E-state index is 11.8. The number of alkyl halides is 1. The molecule has 0 amide bonds. The summed E-state index contributed by atoms with van der Waals surface area (Å²) >= 11 is 5.91. The Morgan fingerprint density at radius 2 is 2.19 bits per heavy atom. The first-order valence-electron chi connectivity index (χ1n) is 6.66. The molecule has 112 valence electrons. The summed E-state index contributed by atoms with van der Waals surface area (Å²) < 4.78 is 8.25. The van der Waals surface area contributed by atoms with Crippen molar-refractivity contribution in [2.45, 2.75) is 38.2 Å². The van der Waals surface area contributed by atoms with Crippen LogP contribution in [0.5, 0.6) is 0 Å². The van der Waals surface area contributed by atoms with Crippen LogP contribution in [0.4, 0.5) is 0 Å². The molecule has 2 aromatic rings. The average molecular weight is 312 g/mol. The van der Waals surface area contributed by atoms with Gasteiger partial charge in [-0.05, 0) is 30.2 Å². The van der Waals surface area contributed by atoms with E-state index in [4.69, 9.17) is 16.3 Å². The highest BCUT2D eigenvalue weighted by Crippen LogP contribution is 2.34. The first-order valence-corrected chi connectivity index (χ1v) is 7.20. The zero-order chi connectivity index (χ0) is 14.8. The Labute approximate surface area is 125 Å². The van der Waals surface area contributed by atoms with Gasteiger partial charge in [-0.2, -0.15) is 0 Å². The Bertz CT molecular complexity index is 649. The van der Waals surface area contributed by atoms with Crippen LogP contribution in [-0.4, -0.2) is 47.8 Å². The number of halogens is 1. The van der Waals surface area contributed by atoms with Gasteiger partial charge in [0.2, 0.25) is 0 Å². The lowest BCUT2D eigenvalue weighted by Gasteiger charge is -2.05.